The Morgan fingerprint density at radius 3 is 2.61 bits per heavy atom. The van der Waals surface area contributed by atoms with Crippen molar-refractivity contribution in [2.75, 3.05) is 20.1 Å². The lowest BCUT2D eigenvalue weighted by Crippen LogP contribution is -2.84. The highest BCUT2D eigenvalue weighted by molar-refractivity contribution is 7.20. The molecule has 1 aliphatic heterocycles. The van der Waals surface area contributed by atoms with Crippen LogP contribution in [0, 0.1) is 0 Å². The van der Waals surface area contributed by atoms with E-state index >= 15 is 0 Å². The van der Waals surface area contributed by atoms with Crippen LogP contribution in [0.25, 0.3) is 10.2 Å². The average Bonchev–Trinajstić information content (AvgIpc) is 3.58. The number of benzene rings is 2. The minimum absolute atomic E-state index is 0.101. The number of ketones is 1. The third-order valence-electron chi connectivity index (χ3n) is 6.73. The molecule has 8 N–H and O–H groups in total. The maximum atomic E-state index is 13.5. The van der Waals surface area contributed by atoms with Gasteiger partial charge in [-0.15, -0.1) is 11.3 Å². The summed E-state index contributed by atoms with van der Waals surface area (Å²) < 4.78 is 0.906. The van der Waals surface area contributed by atoms with Crippen LogP contribution in [0.4, 0.5) is 0 Å². The average molecular weight is 538 g/mol. The summed E-state index contributed by atoms with van der Waals surface area (Å²) in [6.07, 6.45) is 2.19. The number of aromatic nitrogens is 1. The number of nitrogens with zero attached hydrogens (tertiary/aromatic N) is 2. The van der Waals surface area contributed by atoms with Gasteiger partial charge in [0.1, 0.15) is 6.04 Å². The molecule has 1 fully saturated rings. The topological polar surface area (TPSA) is 162 Å². The van der Waals surface area contributed by atoms with E-state index in [0.717, 1.165) is 22.2 Å². The first-order valence-corrected chi connectivity index (χ1v) is 13.7. The molecule has 38 heavy (non-hydrogen) atoms. The molecule has 10 nitrogen and oxygen atoms in total. The van der Waals surface area contributed by atoms with Crippen LogP contribution in [-0.2, 0) is 9.59 Å². The van der Waals surface area contributed by atoms with Gasteiger partial charge < -0.3 is 15.5 Å². The van der Waals surface area contributed by atoms with Crippen LogP contribution >= 0.6 is 11.3 Å². The lowest BCUT2D eigenvalue weighted by molar-refractivity contribution is -0.657. The van der Waals surface area contributed by atoms with E-state index in [1.54, 1.807) is 4.90 Å². The number of hydrogen-bond acceptors (Lipinski definition) is 5. The van der Waals surface area contributed by atoms with Crippen molar-refractivity contribution in [1.29, 1.82) is 0 Å². The minimum atomic E-state index is -0.788. The molecule has 0 bridgehead atoms. The molecule has 0 saturated carbocycles. The van der Waals surface area contributed by atoms with Crippen molar-refractivity contribution >= 4 is 45.1 Å². The molecule has 2 heterocycles. The Balaban J connectivity index is 1.51. The number of carbonyl (C=O) groups is 3. The van der Waals surface area contributed by atoms with Crippen LogP contribution < -0.4 is 27.1 Å². The number of amides is 2. The number of likely N-dealkylation sites (tertiary alicyclic amines) is 1. The Hall–Kier alpha value is -3.83. The van der Waals surface area contributed by atoms with Gasteiger partial charge in [0, 0.05) is 12.1 Å². The highest BCUT2D eigenvalue weighted by Crippen LogP contribution is 2.25. The molecule has 11 heteroatoms. The first-order valence-electron chi connectivity index (χ1n) is 12.9. The molecule has 3 unspecified atom stereocenters. The number of nitrogens with two attached hydrogens (primary N) is 3. The quantitative estimate of drug-likeness (QED) is 0.0914. The summed E-state index contributed by atoms with van der Waals surface area (Å²) in [5, 5.41) is 5.15. The molecule has 0 spiro atoms. The minimum Gasteiger partial charge on any atom is -0.344 e. The summed E-state index contributed by atoms with van der Waals surface area (Å²) in [7, 11) is 1.85. The molecule has 2 aromatic carbocycles. The zero-order valence-corrected chi connectivity index (χ0v) is 22.2. The van der Waals surface area contributed by atoms with Crippen molar-refractivity contribution in [3.8, 4) is 0 Å². The van der Waals surface area contributed by atoms with Gasteiger partial charge in [-0.2, -0.15) is 0 Å². The van der Waals surface area contributed by atoms with Crippen molar-refractivity contribution in [1.82, 2.24) is 15.2 Å². The molecule has 3 aromatic rings. The Kier molecular flexibility index (Phi) is 9.03. The van der Waals surface area contributed by atoms with E-state index in [2.05, 4.69) is 15.3 Å². The summed E-state index contributed by atoms with van der Waals surface area (Å²) in [5.41, 5.74) is 12.6. The van der Waals surface area contributed by atoms with Gasteiger partial charge in [-0.3, -0.25) is 30.8 Å². The first-order chi connectivity index (χ1) is 18.4. The maximum Gasteiger partial charge on any atom is 0.338 e. The number of likely N-dealkylation sites (N-methyl/N-ethyl adjacent to an activating group) is 1. The smallest absolute Gasteiger partial charge is 0.338 e. The second-order valence-electron chi connectivity index (χ2n) is 9.35. The highest BCUT2D eigenvalue weighted by Gasteiger charge is 2.40. The number of guanidine groups is 1. The highest BCUT2D eigenvalue weighted by atomic mass is 32.1. The van der Waals surface area contributed by atoms with E-state index in [9.17, 15) is 14.4 Å². The third kappa shape index (κ3) is 6.35. The number of carbonyl (C=O) groups excluding carboxylic acids is 3. The maximum absolute atomic E-state index is 13.5. The molecule has 2 amide bonds. The van der Waals surface area contributed by atoms with Gasteiger partial charge in [-0.05, 0) is 37.8 Å². The molecular formula is C27H35N7O3S+2. The Labute approximate surface area is 225 Å². The predicted molar refractivity (Wildman–Crippen MR) is 146 cm³/mol. The van der Waals surface area contributed by atoms with Crippen LogP contribution in [-0.4, -0.2) is 65.7 Å². The molecule has 1 aliphatic rings. The van der Waals surface area contributed by atoms with E-state index in [0.29, 0.717) is 37.4 Å². The van der Waals surface area contributed by atoms with Crippen LogP contribution in [0.5, 0.6) is 0 Å². The summed E-state index contributed by atoms with van der Waals surface area (Å²) in [6, 6.07) is 15.2. The van der Waals surface area contributed by atoms with Gasteiger partial charge in [-0.1, -0.05) is 42.5 Å². The largest absolute Gasteiger partial charge is 0.344 e. The summed E-state index contributed by atoms with van der Waals surface area (Å²) in [5.74, 6) is -0.576. The number of para-hydroxylation sites is 1. The van der Waals surface area contributed by atoms with Crippen LogP contribution in [0.1, 0.15) is 47.1 Å². The normalized spacial score (nSPS) is 16.7. The van der Waals surface area contributed by atoms with Crippen molar-refractivity contribution in [2.45, 2.75) is 43.8 Å². The third-order valence-corrected chi connectivity index (χ3v) is 7.78. The summed E-state index contributed by atoms with van der Waals surface area (Å²) in [6.45, 7) is 0.959. The van der Waals surface area contributed by atoms with Gasteiger partial charge in [0.05, 0.1) is 29.9 Å². The number of Topliss-reactive ketones (excluding diaryl/α,β-unsaturated/α-hetero) is 1. The molecule has 1 aromatic heterocycles. The van der Waals surface area contributed by atoms with E-state index in [1.807, 2.05) is 67.0 Å². The predicted octanol–water partition coefficient (Wildman–Crippen LogP) is -0.976. The summed E-state index contributed by atoms with van der Waals surface area (Å²) in [4.78, 5) is 49.5. The SMILES string of the molecule is C[NH2+]C(C(=O)N1CCCC1C(=O)NC(CCC[NH+]=C(N)N)C(=O)c1nc2ccccc2s1)c1ccccc1. The Bertz CT molecular complexity index is 1270. The van der Waals surface area contributed by atoms with Gasteiger partial charge >= 0.3 is 5.96 Å². The van der Waals surface area contributed by atoms with Crippen LogP contribution in [0.2, 0.25) is 0 Å². The number of rotatable bonds is 11. The van der Waals surface area contributed by atoms with Crippen LogP contribution in [0.15, 0.2) is 54.6 Å². The molecule has 3 atom stereocenters. The van der Waals surface area contributed by atoms with E-state index in [4.69, 9.17) is 11.5 Å². The Morgan fingerprint density at radius 2 is 1.89 bits per heavy atom. The summed E-state index contributed by atoms with van der Waals surface area (Å²) >= 11 is 1.31. The number of nitrogens with one attached hydrogen (secondary N) is 2. The monoisotopic (exact) mass is 537 g/mol. The number of hydrogen-bond donors (Lipinski definition) is 5. The first kappa shape index (κ1) is 27.2. The molecular weight excluding hydrogens is 502 g/mol. The standard InChI is InChI=1S/C27H33N7O3S/c1-30-22(17-9-3-2-4-10-17)26(37)34-16-8-13-20(34)24(36)32-19(12-7-15-31-27(28)29)23(35)25-33-18-11-5-6-14-21(18)38-25/h2-6,9-11,14,19-20,22,30H,7-8,12-13,15-16H2,1H3,(H,32,36)(H4,28,29,31)/p+2. The number of thiazole rings is 1. The molecule has 0 aliphatic carbocycles. The lowest BCUT2D eigenvalue weighted by atomic mass is 10.0. The fourth-order valence-electron chi connectivity index (χ4n) is 4.82. The van der Waals surface area contributed by atoms with E-state index in [1.165, 1.54) is 11.3 Å². The molecule has 1 saturated heterocycles. The van der Waals surface area contributed by atoms with Crippen molar-refractivity contribution < 1.29 is 24.7 Å². The fraction of sp³-hybridized carbons (Fsp3) is 0.370. The van der Waals surface area contributed by atoms with E-state index < -0.39 is 18.1 Å². The Morgan fingerprint density at radius 1 is 1.16 bits per heavy atom. The lowest BCUT2D eigenvalue weighted by Gasteiger charge is -2.28. The van der Waals surface area contributed by atoms with Gasteiger partial charge in [0.2, 0.25) is 11.7 Å². The van der Waals surface area contributed by atoms with Crippen molar-refractivity contribution in [3.05, 3.63) is 65.2 Å². The van der Waals surface area contributed by atoms with E-state index in [-0.39, 0.29) is 23.6 Å². The van der Waals surface area contributed by atoms with Crippen molar-refractivity contribution in [3.63, 3.8) is 0 Å². The van der Waals surface area contributed by atoms with Gasteiger partial charge in [-0.25, -0.2) is 4.98 Å². The van der Waals surface area contributed by atoms with Crippen LogP contribution in [0.3, 0.4) is 0 Å². The zero-order valence-electron chi connectivity index (χ0n) is 21.4. The fourth-order valence-corrected chi connectivity index (χ4v) is 5.78. The second-order valence-corrected chi connectivity index (χ2v) is 10.4. The molecule has 200 valence electrons. The number of fused-ring (bicyclic) bond motifs is 1. The van der Waals surface area contributed by atoms with Crippen molar-refractivity contribution in [2.24, 2.45) is 11.5 Å². The molecule has 4 rings (SSSR count). The molecule has 0 radical (unpaired) electrons. The second kappa shape index (κ2) is 12.6. The van der Waals surface area contributed by atoms with Gasteiger partial charge in [0.15, 0.2) is 11.0 Å². The van der Waals surface area contributed by atoms with Gasteiger partial charge in [0.25, 0.3) is 5.91 Å². The zero-order chi connectivity index (χ0) is 27.1. The number of quaternary nitrogens is 1.